The molecule has 3 unspecified atom stereocenters. The van der Waals surface area contributed by atoms with Crippen LogP contribution in [0.3, 0.4) is 0 Å². The highest BCUT2D eigenvalue weighted by Gasteiger charge is 2.38. The number of allylic oxidation sites excluding steroid dienone is 2. The molecule has 3 aromatic rings. The summed E-state index contributed by atoms with van der Waals surface area (Å²) in [5.74, 6) is 1.08. The topological polar surface area (TPSA) is 24.9 Å². The van der Waals surface area contributed by atoms with E-state index < -0.39 is 0 Å². The lowest BCUT2D eigenvalue weighted by atomic mass is 9.76. The van der Waals surface area contributed by atoms with Gasteiger partial charge < -0.3 is 5.32 Å². The van der Waals surface area contributed by atoms with E-state index in [9.17, 15) is 0 Å². The summed E-state index contributed by atoms with van der Waals surface area (Å²) < 4.78 is 0. The highest BCUT2D eigenvalue weighted by molar-refractivity contribution is 5.96. The molecule has 112 valence electrons. The Hall–Kier alpha value is -2.61. The molecule has 1 aromatic heterocycles. The summed E-state index contributed by atoms with van der Waals surface area (Å²) in [7, 11) is 0. The van der Waals surface area contributed by atoms with Crippen LogP contribution < -0.4 is 5.32 Å². The predicted octanol–water partition coefficient (Wildman–Crippen LogP) is 5.06. The molecule has 0 saturated heterocycles. The van der Waals surface area contributed by atoms with Crippen molar-refractivity contribution >= 4 is 16.5 Å². The maximum absolute atomic E-state index is 4.33. The van der Waals surface area contributed by atoms with E-state index in [0.29, 0.717) is 17.9 Å². The van der Waals surface area contributed by atoms with Gasteiger partial charge in [-0.1, -0.05) is 54.6 Å². The number of nitrogens with one attached hydrogen (secondary N) is 1. The van der Waals surface area contributed by atoms with Crippen LogP contribution in [0.1, 0.15) is 29.5 Å². The Labute approximate surface area is 135 Å². The molecular weight excluding hydrogens is 280 g/mol. The first-order valence-electron chi connectivity index (χ1n) is 8.26. The molecule has 2 nitrogen and oxygen atoms in total. The van der Waals surface area contributed by atoms with Crippen LogP contribution in [0, 0.1) is 5.92 Å². The van der Waals surface area contributed by atoms with Crippen LogP contribution >= 0.6 is 0 Å². The predicted molar refractivity (Wildman–Crippen MR) is 94.5 cm³/mol. The van der Waals surface area contributed by atoms with Gasteiger partial charge in [-0.2, -0.15) is 0 Å². The second-order valence-electron chi connectivity index (χ2n) is 6.51. The van der Waals surface area contributed by atoms with E-state index in [2.05, 4.69) is 64.9 Å². The Kier molecular flexibility index (Phi) is 2.77. The van der Waals surface area contributed by atoms with Crippen molar-refractivity contribution in [1.29, 1.82) is 0 Å². The van der Waals surface area contributed by atoms with Gasteiger partial charge in [0, 0.05) is 29.4 Å². The van der Waals surface area contributed by atoms with Crippen LogP contribution in [0.2, 0.25) is 0 Å². The van der Waals surface area contributed by atoms with Gasteiger partial charge in [0.2, 0.25) is 0 Å². The molecule has 0 spiro atoms. The van der Waals surface area contributed by atoms with E-state index in [0.717, 1.165) is 6.42 Å². The summed E-state index contributed by atoms with van der Waals surface area (Å²) in [5, 5.41) is 6.46. The zero-order chi connectivity index (χ0) is 15.2. The summed E-state index contributed by atoms with van der Waals surface area (Å²) in [4.78, 5) is 4.33. The van der Waals surface area contributed by atoms with Gasteiger partial charge in [-0.05, 0) is 34.9 Å². The maximum Gasteiger partial charge on any atom is 0.0569 e. The van der Waals surface area contributed by atoms with Crippen molar-refractivity contribution in [2.75, 3.05) is 5.32 Å². The van der Waals surface area contributed by atoms with Gasteiger partial charge in [0.05, 0.1) is 6.04 Å². The van der Waals surface area contributed by atoms with E-state index in [1.807, 2.05) is 18.5 Å². The van der Waals surface area contributed by atoms with Crippen molar-refractivity contribution in [2.45, 2.75) is 18.4 Å². The molecule has 0 radical (unpaired) electrons. The summed E-state index contributed by atoms with van der Waals surface area (Å²) in [6, 6.07) is 17.7. The standard InChI is InChI=1S/C21H18N2/c1-2-7-16-14(5-1)10-11-19-17-8-3-9-18(17)20(23-21(16)19)15-6-4-12-22-13-15/h1-8,10-13,17-18,20,23H,9H2. The molecule has 1 N–H and O–H groups in total. The number of benzene rings is 2. The normalized spacial score (nSPS) is 25.0. The van der Waals surface area contributed by atoms with Gasteiger partial charge in [-0.15, -0.1) is 0 Å². The number of fused-ring (bicyclic) bond motifs is 5. The van der Waals surface area contributed by atoms with Gasteiger partial charge in [0.25, 0.3) is 0 Å². The van der Waals surface area contributed by atoms with Gasteiger partial charge in [0.1, 0.15) is 0 Å². The van der Waals surface area contributed by atoms with Crippen molar-refractivity contribution in [3.63, 3.8) is 0 Å². The molecule has 5 rings (SSSR count). The Morgan fingerprint density at radius 2 is 1.96 bits per heavy atom. The molecule has 3 atom stereocenters. The van der Waals surface area contributed by atoms with E-state index in [4.69, 9.17) is 0 Å². The second-order valence-corrected chi connectivity index (χ2v) is 6.51. The first-order valence-corrected chi connectivity index (χ1v) is 8.26. The number of hydrogen-bond acceptors (Lipinski definition) is 2. The molecule has 0 bridgehead atoms. The van der Waals surface area contributed by atoms with Crippen LogP contribution in [0.5, 0.6) is 0 Å². The zero-order valence-electron chi connectivity index (χ0n) is 12.8. The average molecular weight is 298 g/mol. The molecule has 2 heteroatoms. The number of aromatic nitrogens is 1. The number of pyridine rings is 1. The highest BCUT2D eigenvalue weighted by atomic mass is 15.0. The van der Waals surface area contributed by atoms with Gasteiger partial charge in [0.15, 0.2) is 0 Å². The molecule has 1 aliphatic carbocycles. The van der Waals surface area contributed by atoms with Gasteiger partial charge >= 0.3 is 0 Å². The summed E-state index contributed by atoms with van der Waals surface area (Å²) >= 11 is 0. The Balaban J connectivity index is 1.72. The molecule has 23 heavy (non-hydrogen) atoms. The van der Waals surface area contributed by atoms with E-state index in [1.165, 1.54) is 27.6 Å². The Morgan fingerprint density at radius 3 is 2.87 bits per heavy atom. The lowest BCUT2D eigenvalue weighted by Crippen LogP contribution is -2.29. The van der Waals surface area contributed by atoms with Gasteiger partial charge in [-0.25, -0.2) is 0 Å². The molecule has 0 saturated carbocycles. The fourth-order valence-corrected chi connectivity index (χ4v) is 4.23. The SMILES string of the molecule is C1=CC2c3ccc4ccccc4c3NC(c3cccnc3)C2C1. The van der Waals surface area contributed by atoms with Crippen LogP contribution in [-0.4, -0.2) is 4.98 Å². The molecule has 0 fully saturated rings. The van der Waals surface area contributed by atoms with E-state index in [1.54, 1.807) is 0 Å². The lowest BCUT2D eigenvalue weighted by Gasteiger charge is -2.38. The van der Waals surface area contributed by atoms with Crippen LogP contribution in [0.25, 0.3) is 10.8 Å². The third kappa shape index (κ3) is 1.91. The minimum Gasteiger partial charge on any atom is -0.377 e. The molecule has 2 aromatic carbocycles. The number of hydrogen-bond donors (Lipinski definition) is 1. The number of rotatable bonds is 1. The average Bonchev–Trinajstić information content (AvgIpc) is 3.11. The van der Waals surface area contributed by atoms with Crippen molar-refractivity contribution in [1.82, 2.24) is 4.98 Å². The third-order valence-corrected chi connectivity index (χ3v) is 5.30. The molecule has 1 aliphatic heterocycles. The van der Waals surface area contributed by atoms with Crippen molar-refractivity contribution in [2.24, 2.45) is 5.92 Å². The van der Waals surface area contributed by atoms with Crippen molar-refractivity contribution < 1.29 is 0 Å². The van der Waals surface area contributed by atoms with Crippen molar-refractivity contribution in [3.8, 4) is 0 Å². The number of nitrogens with zero attached hydrogens (tertiary/aromatic N) is 1. The highest BCUT2D eigenvalue weighted by Crippen LogP contribution is 2.51. The van der Waals surface area contributed by atoms with Crippen LogP contribution in [0.4, 0.5) is 5.69 Å². The van der Waals surface area contributed by atoms with Crippen molar-refractivity contribution in [3.05, 3.63) is 84.2 Å². The number of anilines is 1. The Bertz CT molecular complexity index is 898. The van der Waals surface area contributed by atoms with Crippen LogP contribution in [0.15, 0.2) is 73.1 Å². The summed E-state index contributed by atoms with van der Waals surface area (Å²) in [6.45, 7) is 0. The molecular formula is C21H18N2. The van der Waals surface area contributed by atoms with E-state index in [-0.39, 0.29) is 0 Å². The minimum absolute atomic E-state index is 0.321. The first kappa shape index (κ1) is 12.9. The minimum atomic E-state index is 0.321. The maximum atomic E-state index is 4.33. The monoisotopic (exact) mass is 298 g/mol. The lowest BCUT2D eigenvalue weighted by molar-refractivity contribution is 0.425. The first-order chi connectivity index (χ1) is 11.4. The van der Waals surface area contributed by atoms with Gasteiger partial charge in [-0.3, -0.25) is 4.98 Å². The van der Waals surface area contributed by atoms with E-state index >= 15 is 0 Å². The summed E-state index contributed by atoms with van der Waals surface area (Å²) in [5.41, 5.74) is 4.01. The largest absolute Gasteiger partial charge is 0.377 e. The second kappa shape index (κ2) is 4.95. The fraction of sp³-hybridized carbons (Fsp3) is 0.190. The molecule has 2 aliphatic rings. The zero-order valence-corrected chi connectivity index (χ0v) is 12.8. The summed E-state index contributed by atoms with van der Waals surface area (Å²) in [6.07, 6.45) is 9.71. The third-order valence-electron chi connectivity index (χ3n) is 5.30. The Morgan fingerprint density at radius 1 is 1.00 bits per heavy atom. The molecule has 2 heterocycles. The van der Waals surface area contributed by atoms with Crippen LogP contribution in [-0.2, 0) is 0 Å². The quantitative estimate of drug-likeness (QED) is 0.635. The smallest absolute Gasteiger partial charge is 0.0569 e. The molecule has 0 amide bonds. The fourth-order valence-electron chi connectivity index (χ4n) is 4.23.